The minimum Gasteiger partial charge on any atom is -0.465 e. The first kappa shape index (κ1) is 19.6. The van der Waals surface area contributed by atoms with Crippen molar-refractivity contribution in [3.8, 4) is 0 Å². The molecule has 1 N–H and O–H groups in total. The fourth-order valence-corrected chi connectivity index (χ4v) is 4.39. The van der Waals surface area contributed by atoms with E-state index in [1.54, 1.807) is 6.07 Å². The van der Waals surface area contributed by atoms with Gasteiger partial charge in [-0.15, -0.1) is 11.3 Å². The van der Waals surface area contributed by atoms with E-state index in [2.05, 4.69) is 10.4 Å². The van der Waals surface area contributed by atoms with Gasteiger partial charge in [0, 0.05) is 22.5 Å². The molecule has 0 radical (unpaired) electrons. The lowest BCUT2D eigenvalue weighted by Crippen LogP contribution is -2.15. The summed E-state index contributed by atoms with van der Waals surface area (Å²) in [5, 5.41) is 8.80. The summed E-state index contributed by atoms with van der Waals surface area (Å²) in [6.07, 6.45) is 2.18. The van der Waals surface area contributed by atoms with Gasteiger partial charge in [0.2, 0.25) is 0 Å². The average molecular weight is 413 g/mol. The predicted molar refractivity (Wildman–Crippen MR) is 113 cm³/mol. The second-order valence-corrected chi connectivity index (χ2v) is 8.99. The summed E-state index contributed by atoms with van der Waals surface area (Å²) in [5.74, 6) is -0.332. The van der Waals surface area contributed by atoms with Crippen LogP contribution in [0.1, 0.15) is 75.6 Å². The molecule has 0 atom stereocenters. The van der Waals surface area contributed by atoms with Crippen LogP contribution in [-0.2, 0) is 4.74 Å². The van der Waals surface area contributed by atoms with Gasteiger partial charge in [0.05, 0.1) is 29.3 Å². The van der Waals surface area contributed by atoms with Crippen LogP contribution < -0.4 is 5.32 Å². The van der Waals surface area contributed by atoms with Crippen LogP contribution in [0, 0.1) is 13.8 Å². The van der Waals surface area contributed by atoms with Crippen LogP contribution in [0.25, 0.3) is 11.0 Å². The van der Waals surface area contributed by atoms with E-state index in [9.17, 15) is 9.59 Å². The number of aryl methyl sites for hydroxylation is 2. The fourth-order valence-electron chi connectivity index (χ4n) is 3.50. The number of anilines is 1. The summed E-state index contributed by atoms with van der Waals surface area (Å²) in [6, 6.07) is 3.74. The number of hydrogen-bond donors (Lipinski definition) is 1. The number of aromatic nitrogens is 3. The molecule has 1 aliphatic carbocycles. The molecule has 3 heterocycles. The van der Waals surface area contributed by atoms with Crippen LogP contribution in [0.2, 0.25) is 0 Å². The van der Waals surface area contributed by atoms with Gasteiger partial charge in [-0.25, -0.2) is 14.5 Å². The molecule has 4 rings (SSSR count). The van der Waals surface area contributed by atoms with E-state index in [0.29, 0.717) is 22.0 Å². The highest BCUT2D eigenvalue weighted by molar-refractivity contribution is 7.16. The number of fused-ring (bicyclic) bond motifs is 1. The second-order valence-electron chi connectivity index (χ2n) is 7.74. The van der Waals surface area contributed by atoms with Crippen molar-refractivity contribution >= 4 is 39.2 Å². The Bertz CT molecular complexity index is 1120. The SMILES string of the molecule is COC(=O)c1cc(C)sc1NC(=O)c1cc(C2CC2)nc2c1c(C)nn2C(C)C. The first-order chi connectivity index (χ1) is 13.8. The fraction of sp³-hybridized carbons (Fsp3) is 0.429. The lowest BCUT2D eigenvalue weighted by atomic mass is 10.1. The monoisotopic (exact) mass is 412 g/mol. The molecule has 0 aromatic carbocycles. The van der Waals surface area contributed by atoms with Crippen LogP contribution in [0.3, 0.4) is 0 Å². The van der Waals surface area contributed by atoms with Gasteiger partial charge in [0.25, 0.3) is 5.91 Å². The second kappa shape index (κ2) is 7.26. The molecule has 0 saturated heterocycles. The first-order valence-corrected chi connectivity index (χ1v) is 10.5. The van der Waals surface area contributed by atoms with Gasteiger partial charge >= 0.3 is 5.97 Å². The van der Waals surface area contributed by atoms with Gasteiger partial charge in [-0.3, -0.25) is 4.79 Å². The van der Waals surface area contributed by atoms with Crippen LogP contribution in [-0.4, -0.2) is 33.8 Å². The summed E-state index contributed by atoms with van der Waals surface area (Å²) in [6.45, 7) is 7.88. The summed E-state index contributed by atoms with van der Waals surface area (Å²) in [4.78, 5) is 31.1. The maximum atomic E-state index is 13.3. The molecule has 0 unspecified atom stereocenters. The highest BCUT2D eigenvalue weighted by atomic mass is 32.1. The lowest BCUT2D eigenvalue weighted by molar-refractivity contribution is 0.0602. The number of rotatable bonds is 5. The van der Waals surface area contributed by atoms with Crippen molar-refractivity contribution in [2.24, 2.45) is 0 Å². The number of carbonyl (C=O) groups excluding carboxylic acids is 2. The summed E-state index contributed by atoms with van der Waals surface area (Å²) in [5.41, 5.74) is 3.35. The van der Waals surface area contributed by atoms with Gasteiger partial charge in [-0.05, 0) is 52.7 Å². The van der Waals surface area contributed by atoms with Crippen LogP contribution in [0.15, 0.2) is 12.1 Å². The molecule has 0 bridgehead atoms. The standard InChI is InChI=1S/C21H24N4O3S/c1-10(2)25-18-17(12(4)24-25)14(9-16(22-18)13-6-7-13)19(26)23-20-15(21(27)28-5)8-11(3)29-20/h8-10,13H,6-7H2,1-5H3,(H,23,26). The van der Waals surface area contributed by atoms with E-state index in [1.807, 2.05) is 38.4 Å². The minimum absolute atomic E-state index is 0.134. The van der Waals surface area contributed by atoms with E-state index in [1.165, 1.54) is 18.4 Å². The molecule has 7 nitrogen and oxygen atoms in total. The van der Waals surface area contributed by atoms with Crippen molar-refractivity contribution in [3.63, 3.8) is 0 Å². The molecule has 8 heteroatoms. The lowest BCUT2D eigenvalue weighted by Gasteiger charge is -2.11. The van der Waals surface area contributed by atoms with Gasteiger partial charge in [0.15, 0.2) is 5.65 Å². The number of esters is 1. The highest BCUT2D eigenvalue weighted by Gasteiger charge is 2.29. The van der Waals surface area contributed by atoms with Gasteiger partial charge in [-0.1, -0.05) is 0 Å². The zero-order valence-corrected chi connectivity index (χ0v) is 18.0. The summed E-state index contributed by atoms with van der Waals surface area (Å²) in [7, 11) is 1.33. The average Bonchev–Trinajstić information content (AvgIpc) is 3.39. The number of thiophene rings is 1. The molecule has 29 heavy (non-hydrogen) atoms. The molecule has 3 aromatic rings. The Morgan fingerprint density at radius 2 is 1.97 bits per heavy atom. The number of carbonyl (C=O) groups is 2. The van der Waals surface area contributed by atoms with Crippen LogP contribution >= 0.6 is 11.3 Å². The van der Waals surface area contributed by atoms with Crippen molar-refractivity contribution in [1.29, 1.82) is 0 Å². The molecule has 0 aliphatic heterocycles. The van der Waals surface area contributed by atoms with Crippen molar-refractivity contribution in [2.75, 3.05) is 12.4 Å². The Morgan fingerprint density at radius 1 is 1.24 bits per heavy atom. The third kappa shape index (κ3) is 3.53. The number of nitrogens with zero attached hydrogens (tertiary/aromatic N) is 3. The first-order valence-electron chi connectivity index (χ1n) is 9.70. The van der Waals surface area contributed by atoms with Gasteiger partial charge < -0.3 is 10.1 Å². The molecule has 1 saturated carbocycles. The quantitative estimate of drug-likeness (QED) is 0.619. The normalized spacial score (nSPS) is 13.9. The molecule has 1 aliphatic rings. The van der Waals surface area contributed by atoms with E-state index < -0.39 is 5.97 Å². The maximum absolute atomic E-state index is 13.3. The number of pyridine rings is 1. The van der Waals surface area contributed by atoms with E-state index >= 15 is 0 Å². The summed E-state index contributed by atoms with van der Waals surface area (Å²) < 4.78 is 6.73. The van der Waals surface area contributed by atoms with Gasteiger partial charge in [0.1, 0.15) is 5.00 Å². The maximum Gasteiger partial charge on any atom is 0.340 e. The van der Waals surface area contributed by atoms with Gasteiger partial charge in [-0.2, -0.15) is 5.10 Å². The largest absolute Gasteiger partial charge is 0.465 e. The third-order valence-corrected chi connectivity index (χ3v) is 6.04. The molecule has 152 valence electrons. The smallest absolute Gasteiger partial charge is 0.340 e. The number of ether oxygens (including phenoxy) is 1. The number of hydrogen-bond acceptors (Lipinski definition) is 6. The van der Waals surface area contributed by atoms with Crippen molar-refractivity contribution in [2.45, 2.75) is 52.5 Å². The van der Waals surface area contributed by atoms with Crippen molar-refractivity contribution < 1.29 is 14.3 Å². The van der Waals surface area contributed by atoms with Crippen LogP contribution in [0.5, 0.6) is 0 Å². The van der Waals surface area contributed by atoms with E-state index in [4.69, 9.17) is 9.72 Å². The Morgan fingerprint density at radius 3 is 2.59 bits per heavy atom. The minimum atomic E-state index is -0.466. The Balaban J connectivity index is 1.81. The number of methoxy groups -OCH3 is 1. The predicted octanol–water partition coefficient (Wildman–Crippen LogP) is 4.61. The molecular weight excluding hydrogens is 388 g/mol. The van der Waals surface area contributed by atoms with Crippen LogP contribution in [0.4, 0.5) is 5.00 Å². The Labute approximate surface area is 173 Å². The topological polar surface area (TPSA) is 86.1 Å². The third-order valence-electron chi connectivity index (χ3n) is 5.07. The molecule has 3 aromatic heterocycles. The zero-order valence-electron chi connectivity index (χ0n) is 17.2. The number of amides is 1. The summed E-state index contributed by atoms with van der Waals surface area (Å²) >= 11 is 1.35. The zero-order chi connectivity index (χ0) is 20.9. The Hall–Kier alpha value is -2.74. The molecule has 0 spiro atoms. The van der Waals surface area contributed by atoms with Crippen molar-refractivity contribution in [3.05, 3.63) is 39.5 Å². The highest BCUT2D eigenvalue weighted by Crippen LogP contribution is 2.41. The molecule has 1 fully saturated rings. The Kier molecular flexibility index (Phi) is 4.90. The number of nitrogens with one attached hydrogen (secondary N) is 1. The van der Waals surface area contributed by atoms with E-state index in [0.717, 1.165) is 40.1 Å². The molecular formula is C21H24N4O3S. The van der Waals surface area contributed by atoms with Crippen molar-refractivity contribution in [1.82, 2.24) is 14.8 Å². The van der Waals surface area contributed by atoms with E-state index in [-0.39, 0.29) is 11.9 Å². The molecule has 1 amide bonds.